The third-order valence-corrected chi connectivity index (χ3v) is 2.70. The minimum atomic E-state index is -0.970. The molecule has 1 saturated heterocycles. The van der Waals surface area contributed by atoms with Gasteiger partial charge in [-0.25, -0.2) is 4.79 Å². The second kappa shape index (κ2) is 5.53. The Morgan fingerprint density at radius 2 is 2.37 bits per heavy atom. The van der Waals surface area contributed by atoms with Crippen molar-refractivity contribution in [3.8, 4) is 5.75 Å². The summed E-state index contributed by atoms with van der Waals surface area (Å²) in [5.41, 5.74) is 5.05. The molecule has 0 unspecified atom stereocenters. The molecule has 0 aromatic heterocycles. The van der Waals surface area contributed by atoms with Gasteiger partial charge in [0.05, 0.1) is 11.0 Å². The summed E-state index contributed by atoms with van der Waals surface area (Å²) in [5.74, 6) is 0.148. The van der Waals surface area contributed by atoms with Gasteiger partial charge in [0.1, 0.15) is 11.4 Å². The highest BCUT2D eigenvalue weighted by molar-refractivity contribution is 5.71. The summed E-state index contributed by atoms with van der Waals surface area (Å²) in [5, 5.41) is 13.8. The SMILES string of the molecule is NC(=O)Oc1ccc([N+](=O)[O-])c(NC[C@@H]2CCO2)c1. The average molecular weight is 267 g/mol. The number of nitrogens with zero attached hydrogens (tertiary/aromatic N) is 1. The number of nitro groups is 1. The summed E-state index contributed by atoms with van der Waals surface area (Å²) < 4.78 is 9.89. The summed E-state index contributed by atoms with van der Waals surface area (Å²) in [6.07, 6.45) is 0.000555. The molecular formula is C11H13N3O5. The van der Waals surface area contributed by atoms with E-state index in [4.69, 9.17) is 10.5 Å². The van der Waals surface area contributed by atoms with Gasteiger partial charge >= 0.3 is 6.09 Å². The molecule has 1 fully saturated rings. The zero-order valence-electron chi connectivity index (χ0n) is 10.00. The van der Waals surface area contributed by atoms with Crippen molar-refractivity contribution in [2.45, 2.75) is 12.5 Å². The normalized spacial score (nSPS) is 17.4. The molecule has 0 saturated carbocycles. The van der Waals surface area contributed by atoms with Crippen LogP contribution in [0.2, 0.25) is 0 Å². The molecule has 1 aliphatic heterocycles. The van der Waals surface area contributed by atoms with E-state index in [1.165, 1.54) is 18.2 Å². The first-order chi connectivity index (χ1) is 9.06. The lowest BCUT2D eigenvalue weighted by molar-refractivity contribution is -0.384. The van der Waals surface area contributed by atoms with Crippen molar-refractivity contribution in [1.82, 2.24) is 0 Å². The number of nitrogens with two attached hydrogens (primary N) is 1. The molecule has 0 radical (unpaired) electrons. The van der Waals surface area contributed by atoms with Crippen LogP contribution in [0.15, 0.2) is 18.2 Å². The van der Waals surface area contributed by atoms with Gasteiger partial charge in [-0.1, -0.05) is 0 Å². The summed E-state index contributed by atoms with van der Waals surface area (Å²) in [4.78, 5) is 21.0. The first kappa shape index (κ1) is 13.1. The predicted molar refractivity (Wildman–Crippen MR) is 66.2 cm³/mol. The Bertz CT molecular complexity index is 501. The van der Waals surface area contributed by atoms with Crippen LogP contribution in [0.3, 0.4) is 0 Å². The minimum absolute atomic E-state index is 0.0559. The number of hydrogen-bond acceptors (Lipinski definition) is 6. The van der Waals surface area contributed by atoms with E-state index >= 15 is 0 Å². The second-order valence-corrected chi connectivity index (χ2v) is 4.02. The number of rotatable bonds is 5. The Hall–Kier alpha value is -2.35. The highest BCUT2D eigenvalue weighted by Gasteiger charge is 2.20. The lowest BCUT2D eigenvalue weighted by atomic mass is 10.2. The van der Waals surface area contributed by atoms with Gasteiger partial charge in [-0.3, -0.25) is 10.1 Å². The highest BCUT2D eigenvalue weighted by Crippen LogP contribution is 2.29. The molecule has 102 valence electrons. The smallest absolute Gasteiger partial charge is 0.409 e. The van der Waals surface area contributed by atoms with Crippen LogP contribution >= 0.6 is 0 Å². The minimum Gasteiger partial charge on any atom is -0.410 e. The molecule has 8 heteroatoms. The van der Waals surface area contributed by atoms with Crippen LogP contribution in [-0.2, 0) is 4.74 Å². The Balaban J connectivity index is 2.14. The summed E-state index contributed by atoms with van der Waals surface area (Å²) in [6.45, 7) is 1.17. The van der Waals surface area contributed by atoms with Gasteiger partial charge in [0, 0.05) is 25.3 Å². The van der Waals surface area contributed by atoms with Crippen molar-refractivity contribution in [3.05, 3.63) is 28.3 Å². The molecule has 0 spiro atoms. The lowest BCUT2D eigenvalue weighted by Gasteiger charge is -2.26. The summed E-state index contributed by atoms with van der Waals surface area (Å²) in [6, 6.07) is 3.93. The summed E-state index contributed by atoms with van der Waals surface area (Å²) in [7, 11) is 0. The number of benzene rings is 1. The Kier molecular flexibility index (Phi) is 3.81. The molecule has 0 aliphatic carbocycles. The third kappa shape index (κ3) is 3.32. The van der Waals surface area contributed by atoms with E-state index in [9.17, 15) is 14.9 Å². The molecule has 1 heterocycles. The fourth-order valence-corrected chi connectivity index (χ4v) is 1.66. The number of hydrogen-bond donors (Lipinski definition) is 2. The second-order valence-electron chi connectivity index (χ2n) is 4.02. The van der Waals surface area contributed by atoms with E-state index in [-0.39, 0.29) is 23.2 Å². The van der Waals surface area contributed by atoms with Crippen LogP contribution in [0.4, 0.5) is 16.2 Å². The van der Waals surface area contributed by atoms with Crippen molar-refractivity contribution in [2.75, 3.05) is 18.5 Å². The van der Waals surface area contributed by atoms with Crippen LogP contribution in [0, 0.1) is 10.1 Å². The Labute approximate surface area is 108 Å². The molecule has 1 aromatic rings. The Morgan fingerprint density at radius 1 is 1.63 bits per heavy atom. The van der Waals surface area contributed by atoms with Gasteiger partial charge in [0.15, 0.2) is 0 Å². The van der Waals surface area contributed by atoms with Crippen molar-refractivity contribution in [2.24, 2.45) is 5.73 Å². The van der Waals surface area contributed by atoms with E-state index in [0.717, 1.165) is 6.42 Å². The molecule has 1 atom stereocenters. The number of ether oxygens (including phenoxy) is 2. The number of nitrogens with one attached hydrogen (secondary N) is 1. The number of primary amides is 1. The zero-order chi connectivity index (χ0) is 13.8. The maximum absolute atomic E-state index is 10.9. The maximum atomic E-state index is 10.9. The van der Waals surface area contributed by atoms with Crippen LogP contribution in [0.1, 0.15) is 6.42 Å². The fraction of sp³-hybridized carbons (Fsp3) is 0.364. The zero-order valence-corrected chi connectivity index (χ0v) is 10.00. The quantitative estimate of drug-likeness (QED) is 0.612. The van der Waals surface area contributed by atoms with E-state index < -0.39 is 11.0 Å². The first-order valence-electron chi connectivity index (χ1n) is 5.67. The molecular weight excluding hydrogens is 254 g/mol. The van der Waals surface area contributed by atoms with Gasteiger partial charge in [0.2, 0.25) is 0 Å². The summed E-state index contributed by atoms with van der Waals surface area (Å²) >= 11 is 0. The van der Waals surface area contributed by atoms with Crippen molar-refractivity contribution < 1.29 is 19.2 Å². The molecule has 0 bridgehead atoms. The standard InChI is InChI=1S/C11H13N3O5/c12-11(15)19-7-1-2-10(14(16)17)9(5-7)13-6-8-3-4-18-8/h1-2,5,8,13H,3-4,6H2,(H2,12,15)/t8-/m0/s1. The van der Waals surface area contributed by atoms with E-state index in [1.807, 2.05) is 0 Å². The Morgan fingerprint density at radius 3 is 2.89 bits per heavy atom. The topological polar surface area (TPSA) is 117 Å². The monoisotopic (exact) mass is 267 g/mol. The molecule has 1 aromatic carbocycles. The van der Waals surface area contributed by atoms with Gasteiger partial charge in [-0.2, -0.15) is 0 Å². The number of carbonyl (C=O) groups excluding carboxylic acids is 1. The number of amides is 1. The number of carbonyl (C=O) groups is 1. The molecule has 3 N–H and O–H groups in total. The lowest BCUT2D eigenvalue weighted by Crippen LogP contribution is -2.33. The van der Waals surface area contributed by atoms with Crippen LogP contribution < -0.4 is 15.8 Å². The fourth-order valence-electron chi connectivity index (χ4n) is 1.66. The number of anilines is 1. The van der Waals surface area contributed by atoms with E-state index in [1.54, 1.807) is 0 Å². The molecule has 1 aliphatic rings. The van der Waals surface area contributed by atoms with E-state index in [2.05, 4.69) is 10.1 Å². The third-order valence-electron chi connectivity index (χ3n) is 2.70. The maximum Gasteiger partial charge on any atom is 0.409 e. The van der Waals surface area contributed by atoms with Gasteiger partial charge in [-0.05, 0) is 12.5 Å². The van der Waals surface area contributed by atoms with Crippen LogP contribution in [-0.4, -0.2) is 30.3 Å². The highest BCUT2D eigenvalue weighted by atomic mass is 16.6. The molecule has 2 rings (SSSR count). The molecule has 8 nitrogen and oxygen atoms in total. The average Bonchev–Trinajstić information content (AvgIpc) is 2.25. The largest absolute Gasteiger partial charge is 0.410 e. The molecule has 1 amide bonds. The van der Waals surface area contributed by atoms with Crippen LogP contribution in [0.5, 0.6) is 5.75 Å². The number of nitro benzene ring substituents is 1. The van der Waals surface area contributed by atoms with Crippen LogP contribution in [0.25, 0.3) is 0 Å². The van der Waals surface area contributed by atoms with Gasteiger partial charge in [0.25, 0.3) is 5.69 Å². The first-order valence-corrected chi connectivity index (χ1v) is 5.67. The van der Waals surface area contributed by atoms with E-state index in [0.29, 0.717) is 13.2 Å². The van der Waals surface area contributed by atoms with Crippen molar-refractivity contribution >= 4 is 17.5 Å². The van der Waals surface area contributed by atoms with Crippen molar-refractivity contribution in [3.63, 3.8) is 0 Å². The predicted octanol–water partition coefficient (Wildman–Crippen LogP) is 1.25. The van der Waals surface area contributed by atoms with Crippen molar-refractivity contribution in [1.29, 1.82) is 0 Å². The molecule has 19 heavy (non-hydrogen) atoms. The van der Waals surface area contributed by atoms with Gasteiger partial charge < -0.3 is 20.5 Å². The van der Waals surface area contributed by atoms with Gasteiger partial charge in [-0.15, -0.1) is 0 Å².